The molecule has 1 atom stereocenters. The van der Waals surface area contributed by atoms with E-state index in [9.17, 15) is 14.4 Å². The zero-order valence-electron chi connectivity index (χ0n) is 42.0. The molecule has 0 fully saturated rings. The van der Waals surface area contributed by atoms with Crippen molar-refractivity contribution in [1.82, 2.24) is 0 Å². The second kappa shape index (κ2) is 52.7. The summed E-state index contributed by atoms with van der Waals surface area (Å²) < 4.78 is 16.8. The predicted molar refractivity (Wildman–Crippen MR) is 279 cm³/mol. The molecule has 0 aliphatic carbocycles. The lowest BCUT2D eigenvalue weighted by Crippen LogP contribution is -2.30. The Balaban J connectivity index is 4.48. The Morgan fingerprint density at radius 3 is 1.14 bits per heavy atom. The molecule has 6 heteroatoms. The number of carbonyl (C=O) groups excluding carboxylic acids is 3. The first kappa shape index (κ1) is 61.1. The molecule has 0 saturated carbocycles. The first-order chi connectivity index (χ1) is 32.0. The Hall–Kier alpha value is -3.93. The van der Waals surface area contributed by atoms with Gasteiger partial charge < -0.3 is 14.2 Å². The minimum Gasteiger partial charge on any atom is -0.462 e. The second-order valence-corrected chi connectivity index (χ2v) is 17.1. The fourth-order valence-corrected chi connectivity index (χ4v) is 6.87. The van der Waals surface area contributed by atoms with Crippen molar-refractivity contribution in [3.05, 3.63) is 109 Å². The highest BCUT2D eigenvalue weighted by Gasteiger charge is 2.19. The molecular formula is C59H96O6. The van der Waals surface area contributed by atoms with Crippen LogP contribution in [0.2, 0.25) is 0 Å². The molecule has 0 aliphatic heterocycles. The monoisotopic (exact) mass is 901 g/mol. The number of carbonyl (C=O) groups is 3. The average Bonchev–Trinajstić information content (AvgIpc) is 3.30. The summed E-state index contributed by atoms with van der Waals surface area (Å²) in [6.45, 7) is 6.32. The molecule has 0 radical (unpaired) electrons. The molecule has 6 nitrogen and oxygen atoms in total. The SMILES string of the molecule is CC\C=C/C=C\C=C/CCCCCCCC(=O)OCC(COC(=O)CCCCC/C=C\C/C=C\C/C=C\C/C=C\C/C=C\CC)OC(=O)CCCCCCCCC/C=C\CCCCCC. The van der Waals surface area contributed by atoms with Crippen molar-refractivity contribution in [1.29, 1.82) is 0 Å². The van der Waals surface area contributed by atoms with Gasteiger partial charge in [-0.3, -0.25) is 14.4 Å². The third-order valence-corrected chi connectivity index (χ3v) is 10.8. The van der Waals surface area contributed by atoms with Crippen molar-refractivity contribution in [2.75, 3.05) is 13.2 Å². The van der Waals surface area contributed by atoms with E-state index in [-0.39, 0.29) is 31.1 Å². The van der Waals surface area contributed by atoms with Crippen molar-refractivity contribution in [3.63, 3.8) is 0 Å². The maximum absolute atomic E-state index is 12.8. The average molecular weight is 901 g/mol. The van der Waals surface area contributed by atoms with E-state index in [0.29, 0.717) is 19.3 Å². The summed E-state index contributed by atoms with van der Waals surface area (Å²) in [7, 11) is 0. The first-order valence-corrected chi connectivity index (χ1v) is 26.4. The van der Waals surface area contributed by atoms with Gasteiger partial charge in [0.15, 0.2) is 6.10 Å². The van der Waals surface area contributed by atoms with Crippen LogP contribution in [0.3, 0.4) is 0 Å². The Kier molecular flexibility index (Phi) is 49.5. The summed E-state index contributed by atoms with van der Waals surface area (Å²) in [5.41, 5.74) is 0. The molecule has 0 bridgehead atoms. The van der Waals surface area contributed by atoms with Gasteiger partial charge in [-0.15, -0.1) is 0 Å². The Bertz CT molecular complexity index is 1360. The molecule has 0 heterocycles. The van der Waals surface area contributed by atoms with Crippen LogP contribution in [0.4, 0.5) is 0 Å². The quantitative estimate of drug-likeness (QED) is 0.0199. The number of hydrogen-bond donors (Lipinski definition) is 0. The number of allylic oxidation sites excluding steroid dienone is 18. The van der Waals surface area contributed by atoms with Crippen LogP contribution in [0.1, 0.15) is 226 Å². The molecule has 368 valence electrons. The third kappa shape index (κ3) is 50.9. The van der Waals surface area contributed by atoms with Crippen molar-refractivity contribution in [3.8, 4) is 0 Å². The van der Waals surface area contributed by atoms with E-state index in [1.54, 1.807) is 0 Å². The van der Waals surface area contributed by atoms with Gasteiger partial charge in [-0.2, -0.15) is 0 Å². The fraction of sp³-hybridized carbons (Fsp3) is 0.644. The molecule has 0 aromatic rings. The van der Waals surface area contributed by atoms with Gasteiger partial charge >= 0.3 is 17.9 Å². The molecule has 1 unspecified atom stereocenters. The lowest BCUT2D eigenvalue weighted by molar-refractivity contribution is -0.167. The summed E-state index contributed by atoms with van der Waals surface area (Å²) in [5.74, 6) is -0.963. The van der Waals surface area contributed by atoms with E-state index in [1.807, 2.05) is 0 Å². The topological polar surface area (TPSA) is 78.9 Å². The van der Waals surface area contributed by atoms with E-state index < -0.39 is 6.10 Å². The van der Waals surface area contributed by atoms with E-state index >= 15 is 0 Å². The standard InChI is InChI=1S/C59H96O6/c1-4-7-10-13-16-19-22-25-27-28-29-30-32-34-37-40-43-46-49-52-58(61)64-55-56(54-63-57(60)51-48-45-42-39-36-33-24-21-18-15-12-9-6-3)65-59(62)53-50-47-44-41-38-35-31-26-23-20-17-14-11-8-5-2/h7,9-10,12,15-16,18-21,23-25,27,29-30,34,37,56H,4-6,8,11,13-14,17,22,26,28,31-33,35-36,38-55H2,1-3H3/b10-7-,12-9-,18-15-,19-16-,23-20-,24-21-,27-25-,30-29-,37-34-. The molecule has 0 aromatic heterocycles. The smallest absolute Gasteiger partial charge is 0.306 e. The van der Waals surface area contributed by atoms with Gasteiger partial charge in [0.25, 0.3) is 0 Å². The van der Waals surface area contributed by atoms with Crippen molar-refractivity contribution in [2.24, 2.45) is 0 Å². The van der Waals surface area contributed by atoms with Crippen LogP contribution in [-0.4, -0.2) is 37.2 Å². The van der Waals surface area contributed by atoms with Gasteiger partial charge in [0.2, 0.25) is 0 Å². The number of unbranched alkanes of at least 4 members (excludes halogenated alkanes) is 19. The number of rotatable bonds is 46. The van der Waals surface area contributed by atoms with Crippen LogP contribution in [0, 0.1) is 0 Å². The van der Waals surface area contributed by atoms with E-state index in [1.165, 1.54) is 64.2 Å². The van der Waals surface area contributed by atoms with Crippen molar-refractivity contribution >= 4 is 17.9 Å². The van der Waals surface area contributed by atoms with Crippen LogP contribution in [-0.2, 0) is 28.6 Å². The minimum atomic E-state index is -0.804. The van der Waals surface area contributed by atoms with Gasteiger partial charge in [0.1, 0.15) is 13.2 Å². The molecule has 0 spiro atoms. The van der Waals surface area contributed by atoms with Crippen LogP contribution < -0.4 is 0 Å². The van der Waals surface area contributed by atoms with Gasteiger partial charge in [-0.25, -0.2) is 0 Å². The van der Waals surface area contributed by atoms with Crippen molar-refractivity contribution in [2.45, 2.75) is 232 Å². The van der Waals surface area contributed by atoms with Crippen LogP contribution in [0.5, 0.6) is 0 Å². The first-order valence-electron chi connectivity index (χ1n) is 26.4. The van der Waals surface area contributed by atoms with E-state index in [0.717, 1.165) is 122 Å². The molecule has 65 heavy (non-hydrogen) atoms. The van der Waals surface area contributed by atoms with E-state index in [4.69, 9.17) is 14.2 Å². The summed E-state index contributed by atoms with van der Waals surface area (Å²) in [6, 6.07) is 0. The zero-order chi connectivity index (χ0) is 47.2. The maximum atomic E-state index is 12.8. The molecule has 0 N–H and O–H groups in total. The Morgan fingerprint density at radius 2 is 0.677 bits per heavy atom. The van der Waals surface area contributed by atoms with Crippen LogP contribution in [0.25, 0.3) is 0 Å². The largest absolute Gasteiger partial charge is 0.462 e. The third-order valence-electron chi connectivity index (χ3n) is 10.8. The maximum Gasteiger partial charge on any atom is 0.306 e. The number of esters is 3. The minimum absolute atomic E-state index is 0.103. The predicted octanol–water partition coefficient (Wildman–Crippen LogP) is 17.5. The molecule has 0 amide bonds. The summed E-state index contributed by atoms with van der Waals surface area (Å²) in [4.78, 5) is 38.0. The normalized spacial score (nSPS) is 13.0. The van der Waals surface area contributed by atoms with Gasteiger partial charge in [0, 0.05) is 19.3 Å². The Labute approximate surface area is 400 Å². The highest BCUT2D eigenvalue weighted by Crippen LogP contribution is 2.13. The molecular weight excluding hydrogens is 805 g/mol. The molecule has 0 aromatic carbocycles. The molecule has 0 aliphatic rings. The molecule has 0 saturated heterocycles. The lowest BCUT2D eigenvalue weighted by Gasteiger charge is -2.18. The summed E-state index contributed by atoms with van der Waals surface area (Å²) in [5, 5.41) is 0. The van der Waals surface area contributed by atoms with Gasteiger partial charge in [-0.05, 0) is 109 Å². The van der Waals surface area contributed by atoms with Gasteiger partial charge in [-0.1, -0.05) is 207 Å². The second-order valence-electron chi connectivity index (χ2n) is 17.1. The summed E-state index contributed by atoms with van der Waals surface area (Å²) in [6.07, 6.45) is 70.7. The van der Waals surface area contributed by atoms with E-state index in [2.05, 4.69) is 130 Å². The summed E-state index contributed by atoms with van der Waals surface area (Å²) >= 11 is 0. The van der Waals surface area contributed by atoms with Crippen LogP contribution in [0.15, 0.2) is 109 Å². The highest BCUT2D eigenvalue weighted by molar-refractivity contribution is 5.71. The highest BCUT2D eigenvalue weighted by atomic mass is 16.6. The Morgan fingerprint density at radius 1 is 0.338 bits per heavy atom. The molecule has 0 rings (SSSR count). The lowest BCUT2D eigenvalue weighted by atomic mass is 10.1. The van der Waals surface area contributed by atoms with Gasteiger partial charge in [0.05, 0.1) is 0 Å². The zero-order valence-corrected chi connectivity index (χ0v) is 42.0. The van der Waals surface area contributed by atoms with Crippen LogP contribution >= 0.6 is 0 Å². The fourth-order valence-electron chi connectivity index (χ4n) is 6.87. The van der Waals surface area contributed by atoms with Crippen molar-refractivity contribution < 1.29 is 28.6 Å². The number of hydrogen-bond acceptors (Lipinski definition) is 6. The number of ether oxygens (including phenoxy) is 3.